The Hall–Kier alpha value is -0.120. The maximum Gasteiger partial charge on any atom is 0.109 e. The molecule has 1 saturated heterocycles. The normalized spacial score (nSPS) is 22.6. The van der Waals surface area contributed by atoms with Crippen LogP contribution >= 0.6 is 23.5 Å². The topological polar surface area (TPSA) is 12.5 Å². The lowest BCUT2D eigenvalue weighted by molar-refractivity contribution is 0.371. The van der Waals surface area contributed by atoms with Gasteiger partial charge < -0.3 is 4.74 Å². The van der Waals surface area contributed by atoms with Crippen LogP contribution in [0.15, 0.2) is 30.3 Å². The Labute approximate surface area is 113 Å². The van der Waals surface area contributed by atoms with Gasteiger partial charge >= 0.3 is 0 Å². The minimum atomic E-state index is 0.378. The van der Waals surface area contributed by atoms with Gasteiger partial charge in [-0.3, -0.25) is 0 Å². The fourth-order valence-electron chi connectivity index (χ4n) is 1.91. The Balaban J connectivity index is 1.55. The van der Waals surface area contributed by atoms with Crippen LogP contribution in [-0.2, 0) is 4.74 Å². The summed E-state index contributed by atoms with van der Waals surface area (Å²) in [4.78, 5) is 0. The zero-order valence-electron chi connectivity index (χ0n) is 10.3. The van der Waals surface area contributed by atoms with E-state index in [0.29, 0.717) is 12.2 Å². The molecule has 1 nitrogen and oxygen atoms in total. The summed E-state index contributed by atoms with van der Waals surface area (Å²) in [5.41, 5.74) is 1.34. The first-order chi connectivity index (χ1) is 8.42. The molecule has 0 unspecified atom stereocenters. The van der Waals surface area contributed by atoms with Gasteiger partial charge in [-0.2, -0.15) is 23.5 Å². The van der Waals surface area contributed by atoms with E-state index in [2.05, 4.69) is 48.3 Å². The molecule has 0 aliphatic carbocycles. The first-order valence-corrected chi connectivity index (χ1v) is 8.74. The highest BCUT2D eigenvalue weighted by Crippen LogP contribution is 2.41. The molecule has 2 rings (SSSR count). The zero-order valence-corrected chi connectivity index (χ0v) is 11.9. The Morgan fingerprint density at radius 2 is 1.94 bits per heavy atom. The van der Waals surface area contributed by atoms with Gasteiger partial charge in [-0.1, -0.05) is 30.3 Å². The quantitative estimate of drug-likeness (QED) is 0.522. The van der Waals surface area contributed by atoms with Crippen LogP contribution in [0.3, 0.4) is 0 Å². The fourth-order valence-corrected chi connectivity index (χ4v) is 3.47. The van der Waals surface area contributed by atoms with Crippen LogP contribution < -0.4 is 0 Å². The molecule has 0 saturated carbocycles. The van der Waals surface area contributed by atoms with Gasteiger partial charge in [0.1, 0.15) is 6.10 Å². The summed E-state index contributed by atoms with van der Waals surface area (Å²) >= 11 is 4.00. The van der Waals surface area contributed by atoms with E-state index in [1.165, 1.54) is 35.7 Å². The second-order valence-corrected chi connectivity index (χ2v) is 6.46. The monoisotopic (exact) mass is 268 g/mol. The van der Waals surface area contributed by atoms with Crippen molar-refractivity contribution in [2.24, 2.45) is 0 Å². The smallest absolute Gasteiger partial charge is 0.109 e. The highest BCUT2D eigenvalue weighted by Gasteiger charge is 2.39. The summed E-state index contributed by atoms with van der Waals surface area (Å²) in [7, 11) is 0. The molecule has 1 aliphatic heterocycles. The number of thioether (sulfide) groups is 2. The molecule has 0 spiro atoms. The molecule has 0 bridgehead atoms. The minimum Gasteiger partial charge on any atom is -0.364 e. The van der Waals surface area contributed by atoms with Crippen molar-refractivity contribution >= 4 is 23.5 Å². The van der Waals surface area contributed by atoms with Gasteiger partial charge in [-0.05, 0) is 41.9 Å². The number of epoxide rings is 1. The van der Waals surface area contributed by atoms with Crippen molar-refractivity contribution < 1.29 is 4.74 Å². The molecule has 17 heavy (non-hydrogen) atoms. The molecule has 94 valence electrons. The lowest BCUT2D eigenvalue weighted by atomic mass is 10.1. The van der Waals surface area contributed by atoms with Crippen molar-refractivity contribution in [1.29, 1.82) is 0 Å². The lowest BCUT2D eigenvalue weighted by Gasteiger charge is -1.99. The maximum absolute atomic E-state index is 5.71. The van der Waals surface area contributed by atoms with Gasteiger partial charge in [-0.25, -0.2) is 0 Å². The fraction of sp³-hybridized carbons (Fsp3) is 0.571. The Kier molecular flexibility index (Phi) is 5.75. The second-order valence-electron chi connectivity index (χ2n) is 4.25. The molecule has 1 heterocycles. The van der Waals surface area contributed by atoms with Crippen LogP contribution in [0.4, 0.5) is 0 Å². The van der Waals surface area contributed by atoms with Crippen molar-refractivity contribution in [3.8, 4) is 0 Å². The van der Waals surface area contributed by atoms with Crippen LogP contribution in [0.5, 0.6) is 0 Å². The predicted octanol–water partition coefficient (Wildman–Crippen LogP) is 4.00. The van der Waals surface area contributed by atoms with Gasteiger partial charge in [0.15, 0.2) is 0 Å². The average molecular weight is 268 g/mol. The molecular weight excluding hydrogens is 248 g/mol. The van der Waals surface area contributed by atoms with E-state index in [-0.39, 0.29) is 0 Å². The molecule has 3 heteroatoms. The predicted molar refractivity (Wildman–Crippen MR) is 79.0 cm³/mol. The molecule has 0 radical (unpaired) electrons. The molecule has 0 amide bonds. The Morgan fingerprint density at radius 1 is 1.12 bits per heavy atom. The Bertz CT molecular complexity index is 315. The van der Waals surface area contributed by atoms with Crippen molar-refractivity contribution in [3.63, 3.8) is 0 Å². The molecule has 1 aromatic carbocycles. The molecule has 2 atom stereocenters. The standard InChI is InChI=1S/C14H20OS2/c1-16-9-5-10-17-11-8-13-14(15-13)12-6-3-2-4-7-12/h2-4,6-7,13-14H,5,8-11H2,1H3/t13-,14-/m0/s1. The largest absolute Gasteiger partial charge is 0.364 e. The molecule has 1 aliphatic rings. The molecule has 0 N–H and O–H groups in total. The SMILES string of the molecule is CSCCCSCC[C@@H]1O[C@H]1c1ccccc1. The van der Waals surface area contributed by atoms with Crippen LogP contribution in [-0.4, -0.2) is 29.6 Å². The number of ether oxygens (including phenoxy) is 1. The van der Waals surface area contributed by atoms with Crippen molar-refractivity contribution in [3.05, 3.63) is 35.9 Å². The summed E-state index contributed by atoms with van der Waals surface area (Å²) in [5, 5.41) is 0. The summed E-state index contributed by atoms with van der Waals surface area (Å²) in [5.74, 6) is 3.82. The van der Waals surface area contributed by atoms with Crippen molar-refractivity contribution in [1.82, 2.24) is 0 Å². The van der Waals surface area contributed by atoms with Crippen LogP contribution in [0.25, 0.3) is 0 Å². The highest BCUT2D eigenvalue weighted by molar-refractivity contribution is 7.99. The summed E-state index contributed by atoms with van der Waals surface area (Å²) in [6.45, 7) is 0. The summed E-state index contributed by atoms with van der Waals surface area (Å²) < 4.78 is 5.71. The van der Waals surface area contributed by atoms with Gasteiger partial charge in [0.2, 0.25) is 0 Å². The molecule has 0 aromatic heterocycles. The number of hydrogen-bond donors (Lipinski definition) is 0. The van der Waals surface area contributed by atoms with Gasteiger partial charge in [-0.15, -0.1) is 0 Å². The van der Waals surface area contributed by atoms with E-state index < -0.39 is 0 Å². The number of rotatable bonds is 8. The van der Waals surface area contributed by atoms with E-state index in [1.807, 2.05) is 11.8 Å². The first-order valence-electron chi connectivity index (χ1n) is 6.19. The second kappa shape index (κ2) is 7.34. The van der Waals surface area contributed by atoms with Crippen LogP contribution in [0.2, 0.25) is 0 Å². The van der Waals surface area contributed by atoms with Crippen LogP contribution in [0.1, 0.15) is 24.5 Å². The van der Waals surface area contributed by atoms with E-state index in [4.69, 9.17) is 4.74 Å². The summed E-state index contributed by atoms with van der Waals surface area (Å²) in [6.07, 6.45) is 5.56. The van der Waals surface area contributed by atoms with Gasteiger partial charge in [0.25, 0.3) is 0 Å². The van der Waals surface area contributed by atoms with Crippen molar-refractivity contribution in [2.45, 2.75) is 25.0 Å². The highest BCUT2D eigenvalue weighted by atomic mass is 32.2. The molecular formula is C14H20OS2. The molecule has 1 fully saturated rings. The van der Waals surface area contributed by atoms with E-state index in [0.717, 1.165) is 0 Å². The van der Waals surface area contributed by atoms with E-state index >= 15 is 0 Å². The number of benzene rings is 1. The van der Waals surface area contributed by atoms with E-state index in [1.54, 1.807) is 0 Å². The van der Waals surface area contributed by atoms with Gasteiger partial charge in [0, 0.05) is 0 Å². The molecule has 1 aromatic rings. The third-order valence-corrected chi connectivity index (χ3v) is 4.69. The Morgan fingerprint density at radius 3 is 2.71 bits per heavy atom. The number of hydrogen-bond acceptors (Lipinski definition) is 3. The third-order valence-electron chi connectivity index (χ3n) is 2.89. The third kappa shape index (κ3) is 4.57. The van der Waals surface area contributed by atoms with Crippen molar-refractivity contribution in [2.75, 3.05) is 23.5 Å². The van der Waals surface area contributed by atoms with Crippen LogP contribution in [0, 0.1) is 0 Å². The minimum absolute atomic E-state index is 0.378. The summed E-state index contributed by atoms with van der Waals surface area (Å²) in [6, 6.07) is 10.6. The van der Waals surface area contributed by atoms with E-state index in [9.17, 15) is 0 Å². The lowest BCUT2D eigenvalue weighted by Crippen LogP contribution is -1.93. The van der Waals surface area contributed by atoms with Gasteiger partial charge in [0.05, 0.1) is 6.10 Å². The maximum atomic E-state index is 5.71. The first kappa shape index (κ1) is 13.3. The average Bonchev–Trinajstić information content (AvgIpc) is 3.14. The zero-order chi connectivity index (χ0) is 11.9.